The van der Waals surface area contributed by atoms with E-state index in [2.05, 4.69) is 110 Å². The number of benzene rings is 2. The van der Waals surface area contributed by atoms with Crippen molar-refractivity contribution in [3.05, 3.63) is 85.6 Å². The maximum absolute atomic E-state index is 4.93. The van der Waals surface area contributed by atoms with Crippen molar-refractivity contribution in [2.45, 2.75) is 185 Å². The second-order valence-electron chi connectivity index (χ2n) is 20.7. The van der Waals surface area contributed by atoms with Crippen molar-refractivity contribution in [1.29, 1.82) is 0 Å². The molecule has 2 aromatic rings. The second kappa shape index (κ2) is 18.8. The monoisotopic (exact) mass is 854 g/mol. The van der Waals surface area contributed by atoms with Crippen molar-refractivity contribution < 1.29 is 20.8 Å². The average Bonchev–Trinajstić information content (AvgIpc) is 3.64. The molecule has 0 bridgehead atoms. The molecule has 0 spiro atoms. The summed E-state index contributed by atoms with van der Waals surface area (Å²) in [5, 5.41) is 0. The third kappa shape index (κ3) is 9.38. The molecule has 0 N–H and O–H groups in total. The Labute approximate surface area is 349 Å². The van der Waals surface area contributed by atoms with Crippen molar-refractivity contribution in [1.82, 2.24) is 0 Å². The molecule has 53 heavy (non-hydrogen) atoms. The van der Waals surface area contributed by atoms with E-state index in [1.54, 1.807) is 24.0 Å². The summed E-state index contributed by atoms with van der Waals surface area (Å²) in [6.45, 7) is 22.8. The standard InChI is InChI=1S/C47H72Si.2CH3.2ClH.Zr/c1-31-29-42-38(33-21-25-35(26-22-33)46(3,4)5)17-13-19-40(42)44(31)48(9,37-15-11-10-12-16-37)45-32(2)30-43-39(18-14-20-41(43)45)34-23-27-36(28-24-34)47(6,7)8;;;;;/h21-28,31-32,37-45H,10-20,29-30H2,1-9H3;2*1H3;2*1H;/q;2*-1;;;+4/p-2. The molecule has 0 amide bonds. The SMILES string of the molecule is CC1CC2C(c3ccc(C(C)(C)C)cc3)CCCC2C1[Si](C)(C1CCCCC1)C1C(C)CC2C(c3ccc(C(C)(C)C)cc3)CCCC21.[CH3-].[CH3-].[Cl][Zr+2][Cl]. The van der Waals surface area contributed by atoms with Gasteiger partial charge in [-0.05, 0) is 123 Å². The zero-order valence-electron chi connectivity index (χ0n) is 35.9. The quantitative estimate of drug-likeness (QED) is 0.208. The fraction of sp³-hybridized carbons (Fsp3) is 0.714. The van der Waals surface area contributed by atoms with E-state index < -0.39 is 28.9 Å². The van der Waals surface area contributed by atoms with Crippen LogP contribution in [0.5, 0.6) is 0 Å². The Bertz CT molecular complexity index is 1300. The first-order chi connectivity index (χ1) is 24.2. The number of fused-ring (bicyclic) bond motifs is 2. The molecule has 5 fully saturated rings. The molecule has 5 aliphatic rings. The van der Waals surface area contributed by atoms with Crippen LogP contribution in [0.2, 0.25) is 23.2 Å². The van der Waals surface area contributed by atoms with Crippen LogP contribution in [0.4, 0.5) is 0 Å². The molecule has 0 nitrogen and oxygen atoms in total. The minimum atomic E-state index is -1.65. The summed E-state index contributed by atoms with van der Waals surface area (Å²) in [4.78, 5) is 0. The molecule has 4 heteroatoms. The Morgan fingerprint density at radius 3 is 1.23 bits per heavy atom. The molecule has 5 aliphatic carbocycles. The third-order valence-corrected chi connectivity index (χ3v) is 23.2. The Morgan fingerprint density at radius 2 is 0.887 bits per heavy atom. The number of hydrogen-bond acceptors (Lipinski definition) is 0. The summed E-state index contributed by atoms with van der Waals surface area (Å²) in [6.07, 6.45) is 19.5. The Kier molecular flexibility index (Phi) is 16.3. The van der Waals surface area contributed by atoms with Gasteiger partial charge in [-0.1, -0.05) is 168 Å². The van der Waals surface area contributed by atoms with Gasteiger partial charge in [-0.3, -0.25) is 0 Å². The van der Waals surface area contributed by atoms with Gasteiger partial charge < -0.3 is 14.9 Å². The summed E-state index contributed by atoms with van der Waals surface area (Å²) in [6, 6.07) is 20.1. The molecule has 0 saturated heterocycles. The summed E-state index contributed by atoms with van der Waals surface area (Å²) >= 11 is -0.826. The molecule has 0 aromatic heterocycles. The molecule has 10 unspecified atom stereocenters. The van der Waals surface area contributed by atoms with Gasteiger partial charge in [0.2, 0.25) is 0 Å². The fourth-order valence-electron chi connectivity index (χ4n) is 14.1. The van der Waals surface area contributed by atoms with E-state index >= 15 is 0 Å². The van der Waals surface area contributed by atoms with E-state index in [0.717, 1.165) is 64.0 Å². The summed E-state index contributed by atoms with van der Waals surface area (Å²) in [7, 11) is 8.21. The van der Waals surface area contributed by atoms with Gasteiger partial charge in [-0.2, -0.15) is 0 Å². The molecule has 0 heterocycles. The van der Waals surface area contributed by atoms with E-state index in [0.29, 0.717) is 0 Å². The Hall–Kier alpha value is 0.120. The molecule has 0 radical (unpaired) electrons. The summed E-state index contributed by atoms with van der Waals surface area (Å²) < 4.78 is 0. The van der Waals surface area contributed by atoms with Crippen molar-refractivity contribution in [2.75, 3.05) is 0 Å². The third-order valence-electron chi connectivity index (χ3n) is 16.0. The fourth-order valence-corrected chi connectivity index (χ4v) is 22.7. The van der Waals surface area contributed by atoms with Crippen molar-refractivity contribution in [2.24, 2.45) is 35.5 Å². The van der Waals surface area contributed by atoms with Crippen LogP contribution in [-0.2, 0) is 31.7 Å². The van der Waals surface area contributed by atoms with E-state index in [4.69, 9.17) is 17.0 Å². The van der Waals surface area contributed by atoms with Gasteiger partial charge in [0.25, 0.3) is 0 Å². The zero-order chi connectivity index (χ0) is 36.7. The predicted octanol–water partition coefficient (Wildman–Crippen LogP) is 16.5. The van der Waals surface area contributed by atoms with Crippen LogP contribution in [-0.4, -0.2) is 8.07 Å². The average molecular weight is 857 g/mol. The number of halogens is 2. The van der Waals surface area contributed by atoms with Gasteiger partial charge in [0.05, 0.1) is 8.07 Å². The second-order valence-corrected chi connectivity index (χ2v) is 29.3. The zero-order valence-corrected chi connectivity index (χ0v) is 40.9. The molecular weight excluding hydrogens is 779 g/mol. The van der Waals surface area contributed by atoms with Crippen LogP contribution in [0.25, 0.3) is 0 Å². The molecular formula is C49H78Cl2SiZr. The van der Waals surface area contributed by atoms with Crippen molar-refractivity contribution in [3.8, 4) is 0 Å². The van der Waals surface area contributed by atoms with Crippen LogP contribution >= 0.6 is 17.0 Å². The predicted molar refractivity (Wildman–Crippen MR) is 235 cm³/mol. The first-order valence-electron chi connectivity index (χ1n) is 21.4. The minimum absolute atomic E-state index is 0. The maximum atomic E-state index is 4.93. The van der Waals surface area contributed by atoms with Gasteiger partial charge in [0.15, 0.2) is 0 Å². The van der Waals surface area contributed by atoms with Crippen LogP contribution in [0.3, 0.4) is 0 Å². The van der Waals surface area contributed by atoms with E-state index in [1.807, 2.05) is 0 Å². The van der Waals surface area contributed by atoms with Crippen LogP contribution in [0, 0.1) is 50.4 Å². The topological polar surface area (TPSA) is 0 Å². The Morgan fingerprint density at radius 1 is 0.528 bits per heavy atom. The first kappa shape index (κ1) is 45.8. The molecule has 296 valence electrons. The van der Waals surface area contributed by atoms with Gasteiger partial charge in [0, 0.05) is 0 Å². The summed E-state index contributed by atoms with van der Waals surface area (Å²) in [5.74, 6) is 7.22. The van der Waals surface area contributed by atoms with Crippen molar-refractivity contribution >= 4 is 25.1 Å². The molecule has 5 saturated carbocycles. The van der Waals surface area contributed by atoms with Gasteiger partial charge >= 0.3 is 37.9 Å². The number of rotatable bonds is 5. The van der Waals surface area contributed by atoms with Crippen molar-refractivity contribution in [3.63, 3.8) is 0 Å². The first-order valence-corrected chi connectivity index (χ1v) is 30.4. The van der Waals surface area contributed by atoms with Gasteiger partial charge in [-0.25, -0.2) is 0 Å². The van der Waals surface area contributed by atoms with Crippen LogP contribution in [0.1, 0.15) is 173 Å². The van der Waals surface area contributed by atoms with E-state index in [9.17, 15) is 0 Å². The molecule has 7 rings (SSSR count). The molecule has 0 aliphatic heterocycles. The molecule has 10 atom stereocenters. The summed E-state index contributed by atoms with van der Waals surface area (Å²) in [5.41, 5.74) is 9.96. The Balaban J connectivity index is 0.00000121. The normalized spacial score (nSPS) is 34.2. The van der Waals surface area contributed by atoms with Crippen LogP contribution < -0.4 is 0 Å². The van der Waals surface area contributed by atoms with E-state index in [-0.39, 0.29) is 25.7 Å². The van der Waals surface area contributed by atoms with Crippen LogP contribution in [0.15, 0.2) is 48.5 Å². The van der Waals surface area contributed by atoms with Gasteiger partial charge in [0.1, 0.15) is 0 Å². The number of hydrogen-bond donors (Lipinski definition) is 0. The van der Waals surface area contributed by atoms with Gasteiger partial charge in [-0.15, -0.1) is 0 Å². The molecule has 2 aromatic carbocycles. The van der Waals surface area contributed by atoms with E-state index in [1.165, 1.54) is 81.8 Å².